The second kappa shape index (κ2) is 9.16. The van der Waals surface area contributed by atoms with Gasteiger partial charge in [0.25, 0.3) is 5.91 Å². The van der Waals surface area contributed by atoms with Crippen molar-refractivity contribution in [2.45, 2.75) is 54.0 Å². The summed E-state index contributed by atoms with van der Waals surface area (Å²) in [6.07, 6.45) is 0. The molecule has 4 N–H and O–H groups in total. The maximum atomic E-state index is 13.2. The molecule has 2 heterocycles. The Kier molecular flexibility index (Phi) is 6.79. The van der Waals surface area contributed by atoms with Gasteiger partial charge in [-0.3, -0.25) is 24.7 Å². The molecule has 10 nitrogen and oxygen atoms in total. The van der Waals surface area contributed by atoms with Crippen LogP contribution in [0.4, 0.5) is 5.82 Å². The molecular weight excluding hydrogens is 448 g/mol. The molecule has 0 radical (unpaired) electrons. The van der Waals surface area contributed by atoms with Crippen molar-refractivity contribution in [3.8, 4) is 5.75 Å². The fraction of sp³-hybridized carbons (Fsp3) is 0.480. The van der Waals surface area contributed by atoms with E-state index in [4.69, 9.17) is 15.9 Å². The van der Waals surface area contributed by atoms with Crippen LogP contribution in [0.1, 0.15) is 69.1 Å². The number of hydrogen-bond donors (Lipinski definition) is 3. The highest BCUT2D eigenvalue weighted by Gasteiger charge is 2.48. The van der Waals surface area contributed by atoms with Crippen LogP contribution in [0.15, 0.2) is 24.3 Å². The van der Waals surface area contributed by atoms with Crippen molar-refractivity contribution in [3.63, 3.8) is 0 Å². The Balaban J connectivity index is 1.95. The lowest BCUT2D eigenvalue weighted by Gasteiger charge is -2.39. The molecule has 0 saturated carbocycles. The molecule has 1 aromatic heterocycles. The first-order valence-electron chi connectivity index (χ1n) is 11.4. The van der Waals surface area contributed by atoms with Gasteiger partial charge in [-0.05, 0) is 5.56 Å². The van der Waals surface area contributed by atoms with Crippen LogP contribution >= 0.6 is 0 Å². The van der Waals surface area contributed by atoms with Gasteiger partial charge in [0.2, 0.25) is 11.8 Å². The van der Waals surface area contributed by atoms with Crippen molar-refractivity contribution in [1.82, 2.24) is 14.7 Å². The van der Waals surface area contributed by atoms with Crippen LogP contribution in [0.5, 0.6) is 5.75 Å². The van der Waals surface area contributed by atoms with Gasteiger partial charge in [0, 0.05) is 29.5 Å². The Morgan fingerprint density at radius 1 is 1.11 bits per heavy atom. The highest BCUT2D eigenvalue weighted by molar-refractivity contribution is 6.05. The normalized spacial score (nSPS) is 16.0. The first kappa shape index (κ1) is 25.9. The molecule has 1 unspecified atom stereocenters. The summed E-state index contributed by atoms with van der Waals surface area (Å²) in [6.45, 7) is 11.2. The van der Waals surface area contributed by atoms with Crippen LogP contribution in [0.2, 0.25) is 0 Å². The number of aromatic nitrogens is 2. The zero-order valence-electron chi connectivity index (χ0n) is 21.4. The van der Waals surface area contributed by atoms with E-state index >= 15 is 0 Å². The minimum Gasteiger partial charge on any atom is -0.491 e. The van der Waals surface area contributed by atoms with Gasteiger partial charge >= 0.3 is 0 Å². The smallest absolute Gasteiger partial charge is 0.254 e. The lowest BCUT2D eigenvalue weighted by molar-refractivity contribution is -0.159. The molecule has 2 amide bonds. The van der Waals surface area contributed by atoms with E-state index < -0.39 is 16.7 Å². The van der Waals surface area contributed by atoms with Gasteiger partial charge in [0.05, 0.1) is 7.11 Å². The van der Waals surface area contributed by atoms with Crippen molar-refractivity contribution in [2.24, 2.45) is 16.6 Å². The fourth-order valence-corrected chi connectivity index (χ4v) is 3.68. The maximum absolute atomic E-state index is 13.2. The summed E-state index contributed by atoms with van der Waals surface area (Å²) in [5, 5.41) is 15.3. The number of nitrogens with one attached hydrogen (secondary N) is 2. The number of methoxy groups -OCH3 is 1. The lowest BCUT2D eigenvalue weighted by atomic mass is 9.88. The Hall–Kier alpha value is -3.69. The summed E-state index contributed by atoms with van der Waals surface area (Å²) in [4.78, 5) is 40.0. The quantitative estimate of drug-likeness (QED) is 0.326. The van der Waals surface area contributed by atoms with Gasteiger partial charge in [0.15, 0.2) is 11.6 Å². The standard InChI is InChI=1S/C25H34N6O4/c1-24(2,3)22(33)30-13-16(21(30)32)17-18(35-7)20(31(29-17)23(34)25(4,5)6)28-12-14-8-10-15(11-9-14)19(26)27/h8-11,16,28H,12-13H2,1-7H3,(H3,26,27). The number of hydrogen-bond acceptors (Lipinski definition) is 7. The van der Waals surface area contributed by atoms with Gasteiger partial charge in [-0.2, -0.15) is 9.78 Å². The molecule has 188 valence electrons. The van der Waals surface area contributed by atoms with Crippen molar-refractivity contribution in [1.29, 1.82) is 5.41 Å². The van der Waals surface area contributed by atoms with Crippen LogP contribution in [0.3, 0.4) is 0 Å². The highest BCUT2D eigenvalue weighted by atomic mass is 16.5. The molecule has 1 saturated heterocycles. The van der Waals surface area contributed by atoms with Gasteiger partial charge in [-0.15, -0.1) is 0 Å². The fourth-order valence-electron chi connectivity index (χ4n) is 3.68. The first-order chi connectivity index (χ1) is 16.2. The number of nitrogen functional groups attached to an aromatic ring is 1. The summed E-state index contributed by atoms with van der Waals surface area (Å²) in [5.74, 6) is -0.950. The molecular formula is C25H34N6O4. The number of amidine groups is 1. The van der Waals surface area contributed by atoms with E-state index in [1.54, 1.807) is 53.7 Å². The van der Waals surface area contributed by atoms with E-state index in [-0.39, 0.29) is 30.1 Å². The second-order valence-corrected chi connectivity index (χ2v) is 10.8. The number of imide groups is 1. The first-order valence-corrected chi connectivity index (χ1v) is 11.4. The van der Waals surface area contributed by atoms with Crippen LogP contribution in [-0.4, -0.2) is 51.9 Å². The average molecular weight is 483 g/mol. The molecule has 0 spiro atoms. The third kappa shape index (κ3) is 5.06. The number of rotatable bonds is 6. The van der Waals surface area contributed by atoms with E-state index in [1.807, 2.05) is 12.1 Å². The van der Waals surface area contributed by atoms with E-state index in [0.29, 0.717) is 29.4 Å². The molecule has 3 rings (SSSR count). The van der Waals surface area contributed by atoms with E-state index in [9.17, 15) is 14.4 Å². The molecule has 2 aromatic rings. The lowest BCUT2D eigenvalue weighted by Crippen LogP contribution is -2.57. The Labute approximate surface area is 205 Å². The number of carbonyl (C=O) groups is 3. The Morgan fingerprint density at radius 3 is 2.14 bits per heavy atom. The molecule has 1 atom stereocenters. The second-order valence-electron chi connectivity index (χ2n) is 10.8. The minimum atomic E-state index is -0.744. The summed E-state index contributed by atoms with van der Waals surface area (Å²) in [7, 11) is 1.46. The molecule has 0 bridgehead atoms. The maximum Gasteiger partial charge on any atom is 0.254 e. The Bertz CT molecular complexity index is 1170. The van der Waals surface area contributed by atoms with E-state index in [2.05, 4.69) is 10.4 Å². The number of likely N-dealkylation sites (tertiary alicyclic amines) is 1. The minimum absolute atomic E-state index is 0.0196. The van der Waals surface area contributed by atoms with Crippen LogP contribution < -0.4 is 15.8 Å². The number of amides is 2. The molecule has 35 heavy (non-hydrogen) atoms. The Morgan fingerprint density at radius 2 is 1.69 bits per heavy atom. The number of nitrogens with zero attached hydrogens (tertiary/aromatic N) is 3. The van der Waals surface area contributed by atoms with Gasteiger partial charge in [-0.25, -0.2) is 0 Å². The number of carbonyl (C=O) groups excluding carboxylic acids is 3. The van der Waals surface area contributed by atoms with Crippen LogP contribution in [-0.2, 0) is 16.1 Å². The van der Waals surface area contributed by atoms with Crippen molar-refractivity contribution in [3.05, 3.63) is 41.1 Å². The number of ether oxygens (including phenoxy) is 1. The molecule has 1 aliphatic rings. The summed E-state index contributed by atoms with van der Waals surface area (Å²) < 4.78 is 6.88. The van der Waals surface area contributed by atoms with Crippen molar-refractivity contribution >= 4 is 29.4 Å². The van der Waals surface area contributed by atoms with Gasteiger partial charge in [0.1, 0.15) is 17.4 Å². The molecule has 1 fully saturated rings. The molecule has 1 aliphatic heterocycles. The number of anilines is 1. The molecule has 10 heteroatoms. The monoisotopic (exact) mass is 482 g/mol. The van der Waals surface area contributed by atoms with Gasteiger partial charge < -0.3 is 15.8 Å². The third-order valence-electron chi connectivity index (χ3n) is 5.78. The number of benzene rings is 1. The largest absolute Gasteiger partial charge is 0.491 e. The van der Waals surface area contributed by atoms with Crippen LogP contribution in [0, 0.1) is 16.2 Å². The van der Waals surface area contributed by atoms with Crippen molar-refractivity contribution < 1.29 is 19.1 Å². The summed E-state index contributed by atoms with van der Waals surface area (Å²) in [6, 6.07) is 7.14. The van der Waals surface area contributed by atoms with Gasteiger partial charge in [-0.1, -0.05) is 65.8 Å². The SMILES string of the molecule is COc1c(C2CN(C(=O)C(C)(C)C)C2=O)nn(C(=O)C(C)(C)C)c1NCc1ccc(C(=N)N)cc1. The summed E-state index contributed by atoms with van der Waals surface area (Å²) in [5.41, 5.74) is 5.91. The predicted molar refractivity (Wildman–Crippen MR) is 133 cm³/mol. The average Bonchev–Trinajstić information content (AvgIpc) is 3.12. The van der Waals surface area contributed by atoms with Crippen molar-refractivity contribution in [2.75, 3.05) is 19.0 Å². The van der Waals surface area contributed by atoms with E-state index in [1.165, 1.54) is 16.7 Å². The summed E-state index contributed by atoms with van der Waals surface area (Å²) >= 11 is 0. The number of nitrogens with two attached hydrogens (primary N) is 1. The van der Waals surface area contributed by atoms with Crippen LogP contribution in [0.25, 0.3) is 0 Å². The molecule has 0 aliphatic carbocycles. The third-order valence-corrected chi connectivity index (χ3v) is 5.78. The zero-order valence-corrected chi connectivity index (χ0v) is 21.4. The highest BCUT2D eigenvalue weighted by Crippen LogP contribution is 2.41. The number of β-lactam (4-membered cyclic amide) rings is 1. The van der Waals surface area contributed by atoms with E-state index in [0.717, 1.165) is 5.56 Å². The predicted octanol–water partition coefficient (Wildman–Crippen LogP) is 2.97. The molecule has 1 aromatic carbocycles. The topological polar surface area (TPSA) is 143 Å². The zero-order chi connectivity index (χ0) is 26.3.